The Balaban J connectivity index is 2.05. The van der Waals surface area contributed by atoms with Gasteiger partial charge in [-0.25, -0.2) is 0 Å². The molecule has 0 aliphatic carbocycles. The first-order valence-corrected chi connectivity index (χ1v) is 5.56. The minimum Gasteiger partial charge on any atom is -0.391 e. The summed E-state index contributed by atoms with van der Waals surface area (Å²) in [6, 6.07) is 7.31. The Hall–Kier alpha value is -2.28. The summed E-state index contributed by atoms with van der Waals surface area (Å²) in [6.45, 7) is 0.304. The fraction of sp³-hybridized carbons (Fsp3) is 0.273. The normalized spacial score (nSPS) is 19.5. The van der Waals surface area contributed by atoms with Crippen molar-refractivity contribution in [2.75, 3.05) is 11.4 Å². The topological polar surface area (TPSA) is 84.1 Å². The van der Waals surface area contributed by atoms with Gasteiger partial charge >= 0.3 is 0 Å². The maximum Gasteiger partial charge on any atom is 0.229 e. The van der Waals surface area contributed by atoms with Gasteiger partial charge in [-0.05, 0) is 22.6 Å². The number of carbonyl (C=O) groups excluding carboxylic acids is 1. The van der Waals surface area contributed by atoms with Crippen molar-refractivity contribution in [3.05, 3.63) is 30.6 Å². The molecule has 92 valence electrons. The van der Waals surface area contributed by atoms with E-state index in [0.29, 0.717) is 17.9 Å². The van der Waals surface area contributed by atoms with Crippen molar-refractivity contribution in [2.24, 2.45) is 0 Å². The monoisotopic (exact) mass is 245 g/mol. The number of anilines is 1. The third kappa shape index (κ3) is 1.74. The Morgan fingerprint density at radius 1 is 1.28 bits per heavy atom. The van der Waals surface area contributed by atoms with Crippen molar-refractivity contribution >= 4 is 11.6 Å². The van der Waals surface area contributed by atoms with E-state index >= 15 is 0 Å². The Morgan fingerprint density at radius 3 is 2.67 bits per heavy atom. The van der Waals surface area contributed by atoms with Crippen LogP contribution in [0.4, 0.5) is 5.69 Å². The van der Waals surface area contributed by atoms with E-state index in [-0.39, 0.29) is 12.3 Å². The van der Waals surface area contributed by atoms with Gasteiger partial charge in [-0.15, -0.1) is 5.10 Å². The number of benzene rings is 1. The van der Waals surface area contributed by atoms with Crippen molar-refractivity contribution in [1.29, 1.82) is 0 Å². The van der Waals surface area contributed by atoms with Gasteiger partial charge in [0.05, 0.1) is 30.4 Å². The van der Waals surface area contributed by atoms with E-state index in [9.17, 15) is 9.90 Å². The van der Waals surface area contributed by atoms with Gasteiger partial charge in [0.15, 0.2) is 0 Å². The number of carbonyl (C=O) groups is 1. The van der Waals surface area contributed by atoms with E-state index in [1.165, 1.54) is 11.0 Å². The molecule has 2 aromatic rings. The SMILES string of the molecule is O=C1CC(O)CN1c1ccccc1-n1cnnn1. The van der Waals surface area contributed by atoms with Crippen LogP contribution in [-0.2, 0) is 4.79 Å². The summed E-state index contributed by atoms with van der Waals surface area (Å²) in [7, 11) is 0. The molecule has 1 aliphatic heterocycles. The van der Waals surface area contributed by atoms with Gasteiger partial charge in [0.1, 0.15) is 6.33 Å². The molecule has 0 radical (unpaired) electrons. The van der Waals surface area contributed by atoms with Gasteiger partial charge in [-0.3, -0.25) is 4.79 Å². The van der Waals surface area contributed by atoms with Gasteiger partial charge in [-0.1, -0.05) is 12.1 Å². The maximum absolute atomic E-state index is 11.8. The zero-order chi connectivity index (χ0) is 12.5. The largest absolute Gasteiger partial charge is 0.391 e. The smallest absolute Gasteiger partial charge is 0.229 e. The van der Waals surface area contributed by atoms with Crippen LogP contribution in [0, 0.1) is 0 Å². The van der Waals surface area contributed by atoms with Crippen LogP contribution in [0.15, 0.2) is 30.6 Å². The van der Waals surface area contributed by atoms with Gasteiger partial charge < -0.3 is 10.0 Å². The van der Waals surface area contributed by atoms with E-state index in [1.807, 2.05) is 24.3 Å². The first-order chi connectivity index (χ1) is 8.75. The fourth-order valence-electron chi connectivity index (χ4n) is 2.08. The van der Waals surface area contributed by atoms with Crippen LogP contribution in [0.1, 0.15) is 6.42 Å². The number of amides is 1. The van der Waals surface area contributed by atoms with Crippen molar-refractivity contribution in [1.82, 2.24) is 20.2 Å². The molecule has 18 heavy (non-hydrogen) atoms. The van der Waals surface area contributed by atoms with E-state index in [2.05, 4.69) is 15.5 Å². The van der Waals surface area contributed by atoms with Crippen molar-refractivity contribution in [3.8, 4) is 5.69 Å². The Morgan fingerprint density at radius 2 is 2.06 bits per heavy atom. The molecule has 1 N–H and O–H groups in total. The van der Waals surface area contributed by atoms with Crippen molar-refractivity contribution < 1.29 is 9.90 Å². The van der Waals surface area contributed by atoms with Crippen LogP contribution in [0.2, 0.25) is 0 Å². The molecule has 1 aromatic carbocycles. The highest BCUT2D eigenvalue weighted by molar-refractivity contribution is 5.97. The second-order valence-corrected chi connectivity index (χ2v) is 4.11. The number of rotatable bonds is 2. The van der Waals surface area contributed by atoms with Crippen LogP contribution in [0.5, 0.6) is 0 Å². The minimum atomic E-state index is -0.612. The average Bonchev–Trinajstić information content (AvgIpc) is 2.99. The summed E-state index contributed by atoms with van der Waals surface area (Å²) in [5, 5.41) is 20.5. The Kier molecular flexibility index (Phi) is 2.52. The quantitative estimate of drug-likeness (QED) is 0.789. The highest BCUT2D eigenvalue weighted by Crippen LogP contribution is 2.27. The molecule has 7 heteroatoms. The van der Waals surface area contributed by atoms with E-state index < -0.39 is 6.10 Å². The molecule has 1 saturated heterocycles. The molecule has 1 atom stereocenters. The van der Waals surface area contributed by atoms with Gasteiger partial charge in [0, 0.05) is 0 Å². The number of para-hydroxylation sites is 2. The average molecular weight is 245 g/mol. The van der Waals surface area contributed by atoms with Crippen molar-refractivity contribution in [3.63, 3.8) is 0 Å². The lowest BCUT2D eigenvalue weighted by atomic mass is 10.2. The molecular weight excluding hydrogens is 234 g/mol. The number of aliphatic hydroxyl groups is 1. The molecule has 0 bridgehead atoms. The third-order valence-electron chi connectivity index (χ3n) is 2.87. The Bertz CT molecular complexity index is 569. The fourth-order valence-corrected chi connectivity index (χ4v) is 2.08. The Labute approximate surface area is 103 Å². The zero-order valence-corrected chi connectivity index (χ0v) is 9.47. The summed E-state index contributed by atoms with van der Waals surface area (Å²) in [5.41, 5.74) is 1.41. The molecule has 7 nitrogen and oxygen atoms in total. The second kappa shape index (κ2) is 4.19. The number of hydrogen-bond donors (Lipinski definition) is 1. The van der Waals surface area contributed by atoms with Gasteiger partial charge in [0.25, 0.3) is 0 Å². The molecule has 1 aromatic heterocycles. The zero-order valence-electron chi connectivity index (χ0n) is 9.47. The number of nitrogens with zero attached hydrogens (tertiary/aromatic N) is 5. The van der Waals surface area contributed by atoms with Crippen molar-refractivity contribution in [2.45, 2.75) is 12.5 Å². The first-order valence-electron chi connectivity index (χ1n) is 5.56. The molecule has 0 spiro atoms. The molecule has 1 fully saturated rings. The summed E-state index contributed by atoms with van der Waals surface area (Å²) in [5.74, 6) is -0.0944. The number of aromatic nitrogens is 4. The lowest BCUT2D eigenvalue weighted by molar-refractivity contribution is -0.117. The van der Waals surface area contributed by atoms with Crippen LogP contribution in [-0.4, -0.2) is 43.9 Å². The van der Waals surface area contributed by atoms with Crippen LogP contribution < -0.4 is 4.90 Å². The van der Waals surface area contributed by atoms with E-state index in [1.54, 1.807) is 4.90 Å². The summed E-state index contributed by atoms with van der Waals surface area (Å²) in [6.07, 6.45) is 1.01. The predicted molar refractivity (Wildman–Crippen MR) is 62.1 cm³/mol. The summed E-state index contributed by atoms with van der Waals surface area (Å²) < 4.78 is 1.49. The molecular formula is C11H11N5O2. The number of tetrazole rings is 1. The van der Waals surface area contributed by atoms with Crippen LogP contribution in [0.25, 0.3) is 5.69 Å². The lowest BCUT2D eigenvalue weighted by Gasteiger charge is -2.18. The molecule has 1 unspecified atom stereocenters. The van der Waals surface area contributed by atoms with Gasteiger partial charge in [0.2, 0.25) is 5.91 Å². The lowest BCUT2D eigenvalue weighted by Crippen LogP contribution is -2.26. The van der Waals surface area contributed by atoms with Crippen LogP contribution in [0.3, 0.4) is 0 Å². The minimum absolute atomic E-state index is 0.0944. The van der Waals surface area contributed by atoms with Crippen LogP contribution >= 0.6 is 0 Å². The highest BCUT2D eigenvalue weighted by Gasteiger charge is 2.30. The standard InChI is InChI=1S/C11H11N5O2/c17-8-5-11(18)15(6-8)9-3-1-2-4-10(9)16-7-12-13-14-16/h1-4,7-8,17H,5-6H2. The van der Waals surface area contributed by atoms with E-state index in [4.69, 9.17) is 0 Å². The second-order valence-electron chi connectivity index (χ2n) is 4.11. The molecule has 0 saturated carbocycles. The first kappa shape index (κ1) is 10.8. The molecule has 3 rings (SSSR count). The summed E-state index contributed by atoms with van der Waals surface area (Å²) >= 11 is 0. The summed E-state index contributed by atoms with van der Waals surface area (Å²) in [4.78, 5) is 13.4. The number of β-amino-alcohol motifs (C(OH)–C–C–N with tert-alkyl or cyclic N) is 1. The maximum atomic E-state index is 11.8. The third-order valence-corrected chi connectivity index (χ3v) is 2.87. The van der Waals surface area contributed by atoms with Gasteiger partial charge in [-0.2, -0.15) is 4.68 Å². The molecule has 1 amide bonds. The predicted octanol–water partition coefficient (Wildman–Crippen LogP) is -0.240. The van der Waals surface area contributed by atoms with E-state index in [0.717, 1.165) is 0 Å². The molecule has 1 aliphatic rings. The number of hydrogen-bond acceptors (Lipinski definition) is 5. The highest BCUT2D eigenvalue weighted by atomic mass is 16.3. The molecule has 2 heterocycles. The number of aliphatic hydroxyl groups excluding tert-OH is 1.